The molecule has 194 valence electrons. The summed E-state index contributed by atoms with van der Waals surface area (Å²) in [4.78, 5) is 12.2. The predicted octanol–water partition coefficient (Wildman–Crippen LogP) is 8.99. The summed E-state index contributed by atoms with van der Waals surface area (Å²) in [5.74, 6) is 6.21. The van der Waals surface area contributed by atoms with Gasteiger partial charge in [-0.05, 0) is 116 Å². The fourth-order valence-electron chi connectivity index (χ4n) is 9.82. The number of esters is 1. The second-order valence-corrected chi connectivity index (χ2v) is 13.9. The van der Waals surface area contributed by atoms with E-state index < -0.39 is 0 Å². The lowest BCUT2D eigenvalue weighted by molar-refractivity contribution is -0.162. The third kappa shape index (κ3) is 5.04. The molecule has 0 radical (unpaired) electrons. The first-order valence-corrected chi connectivity index (χ1v) is 15.0. The van der Waals surface area contributed by atoms with Crippen LogP contribution in [0.2, 0.25) is 0 Å². The topological polar surface area (TPSA) is 26.3 Å². The van der Waals surface area contributed by atoms with Gasteiger partial charge in [-0.1, -0.05) is 60.0 Å². The Morgan fingerprint density at radius 1 is 0.971 bits per heavy atom. The summed E-state index contributed by atoms with van der Waals surface area (Å²) < 4.78 is 5.91. The molecule has 4 aliphatic rings. The van der Waals surface area contributed by atoms with Crippen LogP contribution in [0.25, 0.3) is 0 Å². The van der Waals surface area contributed by atoms with Gasteiger partial charge in [0.15, 0.2) is 0 Å². The summed E-state index contributed by atoms with van der Waals surface area (Å²) in [6.07, 6.45) is 19.6. The van der Waals surface area contributed by atoms with Crippen LogP contribution in [0.15, 0.2) is 12.7 Å². The second-order valence-electron chi connectivity index (χ2n) is 13.9. The molecule has 4 saturated carbocycles. The molecule has 0 amide bonds. The quantitative estimate of drug-likeness (QED) is 0.248. The Morgan fingerprint density at radius 3 is 2.44 bits per heavy atom. The van der Waals surface area contributed by atoms with E-state index in [1.54, 1.807) is 0 Å². The van der Waals surface area contributed by atoms with Gasteiger partial charge in [0.05, 0.1) is 0 Å². The molecule has 0 aromatic heterocycles. The van der Waals surface area contributed by atoms with Crippen molar-refractivity contribution in [3.05, 3.63) is 12.7 Å². The molecule has 0 aliphatic heterocycles. The van der Waals surface area contributed by atoms with E-state index in [1.807, 2.05) is 6.08 Å². The molecule has 2 heteroatoms. The molecule has 0 aromatic rings. The number of ether oxygens (including phenoxy) is 1. The largest absolute Gasteiger partial charge is 0.462 e. The minimum Gasteiger partial charge on any atom is -0.462 e. The summed E-state index contributed by atoms with van der Waals surface area (Å²) in [7, 11) is 0. The normalized spacial score (nSPS) is 42.4. The molecule has 0 N–H and O–H groups in total. The Bertz CT molecular complexity index is 712. The summed E-state index contributed by atoms with van der Waals surface area (Å²) in [6, 6.07) is 0. The third-order valence-electron chi connectivity index (χ3n) is 11.7. The first-order valence-electron chi connectivity index (χ1n) is 15.0. The molecule has 4 rings (SSSR count). The summed E-state index contributed by atoms with van der Waals surface area (Å²) in [6.45, 7) is 16.4. The van der Waals surface area contributed by atoms with Crippen LogP contribution in [-0.4, -0.2) is 12.1 Å². The molecule has 4 aliphatic carbocycles. The Kier molecular flexibility index (Phi) is 8.25. The van der Waals surface area contributed by atoms with Crippen LogP contribution >= 0.6 is 0 Å². The number of carbonyl (C=O) groups excluding carboxylic acids is 1. The van der Waals surface area contributed by atoms with Crippen molar-refractivity contribution in [3.8, 4) is 0 Å². The molecule has 0 heterocycles. The Balaban J connectivity index is 1.38. The fraction of sp³-hybridized carbons (Fsp3) is 0.906. The summed E-state index contributed by atoms with van der Waals surface area (Å²) in [5.41, 5.74) is 1.05. The lowest BCUT2D eigenvalue weighted by atomic mass is 9.44. The van der Waals surface area contributed by atoms with Crippen molar-refractivity contribution in [2.45, 2.75) is 131 Å². The highest BCUT2D eigenvalue weighted by molar-refractivity contribution is 5.69. The standard InChI is InChI=1S/C32H54O2/c1-7-8-12-30(33)34-25-17-19-31(5)24(21-25)13-14-26-28-16-15-27(23(4)11-9-10-22(2)3)32(28,6)20-18-29(26)31/h7,22-29H,1,8-21H2,2-6H3. The Hall–Kier alpha value is -0.790. The van der Waals surface area contributed by atoms with Crippen molar-refractivity contribution in [2.24, 2.45) is 52.3 Å². The average Bonchev–Trinajstić information content (AvgIpc) is 3.15. The van der Waals surface area contributed by atoms with Gasteiger partial charge in [-0.15, -0.1) is 6.58 Å². The molecule has 0 bridgehead atoms. The lowest BCUT2D eigenvalue weighted by Crippen LogP contribution is -2.54. The molecule has 34 heavy (non-hydrogen) atoms. The van der Waals surface area contributed by atoms with Crippen molar-refractivity contribution in [1.82, 2.24) is 0 Å². The first-order chi connectivity index (χ1) is 16.2. The van der Waals surface area contributed by atoms with Crippen LogP contribution in [-0.2, 0) is 9.53 Å². The van der Waals surface area contributed by atoms with E-state index in [4.69, 9.17) is 4.74 Å². The van der Waals surface area contributed by atoms with Crippen LogP contribution < -0.4 is 0 Å². The number of hydrogen-bond acceptors (Lipinski definition) is 2. The van der Waals surface area contributed by atoms with E-state index >= 15 is 0 Å². The first kappa shape index (κ1) is 26.3. The molecule has 0 aromatic carbocycles. The van der Waals surface area contributed by atoms with Crippen molar-refractivity contribution in [3.63, 3.8) is 0 Å². The number of allylic oxidation sites excluding steroid dienone is 1. The molecule has 9 atom stereocenters. The Morgan fingerprint density at radius 2 is 1.71 bits per heavy atom. The average molecular weight is 471 g/mol. The summed E-state index contributed by atoms with van der Waals surface area (Å²) in [5, 5.41) is 0. The van der Waals surface area contributed by atoms with Gasteiger partial charge < -0.3 is 4.74 Å². The lowest BCUT2D eigenvalue weighted by Gasteiger charge is -2.61. The van der Waals surface area contributed by atoms with E-state index in [2.05, 4.69) is 41.2 Å². The van der Waals surface area contributed by atoms with E-state index in [1.165, 1.54) is 64.2 Å². The molecular weight excluding hydrogens is 416 g/mol. The minimum atomic E-state index is -0.0184. The van der Waals surface area contributed by atoms with E-state index in [9.17, 15) is 4.79 Å². The summed E-state index contributed by atoms with van der Waals surface area (Å²) >= 11 is 0. The van der Waals surface area contributed by atoms with Crippen molar-refractivity contribution in [1.29, 1.82) is 0 Å². The van der Waals surface area contributed by atoms with Gasteiger partial charge in [-0.2, -0.15) is 0 Å². The number of hydrogen-bond donors (Lipinski definition) is 0. The van der Waals surface area contributed by atoms with Crippen molar-refractivity contribution >= 4 is 5.97 Å². The highest BCUT2D eigenvalue weighted by Crippen LogP contribution is 2.68. The van der Waals surface area contributed by atoms with Gasteiger partial charge in [0, 0.05) is 6.42 Å². The molecule has 0 spiro atoms. The van der Waals surface area contributed by atoms with Crippen molar-refractivity contribution < 1.29 is 9.53 Å². The molecule has 2 nitrogen and oxygen atoms in total. The highest BCUT2D eigenvalue weighted by Gasteiger charge is 2.60. The van der Waals surface area contributed by atoms with E-state index in [0.717, 1.165) is 60.7 Å². The van der Waals surface area contributed by atoms with E-state index in [0.29, 0.717) is 17.3 Å². The van der Waals surface area contributed by atoms with Crippen LogP contribution in [0.3, 0.4) is 0 Å². The van der Waals surface area contributed by atoms with Crippen LogP contribution in [0.1, 0.15) is 125 Å². The fourth-order valence-corrected chi connectivity index (χ4v) is 9.82. The van der Waals surface area contributed by atoms with Gasteiger partial charge in [0.25, 0.3) is 0 Å². The maximum absolute atomic E-state index is 12.2. The maximum atomic E-state index is 12.2. The van der Waals surface area contributed by atoms with Crippen LogP contribution in [0, 0.1) is 52.3 Å². The van der Waals surface area contributed by atoms with Gasteiger partial charge in [-0.25, -0.2) is 0 Å². The third-order valence-corrected chi connectivity index (χ3v) is 11.7. The van der Waals surface area contributed by atoms with Crippen LogP contribution in [0.4, 0.5) is 0 Å². The SMILES string of the molecule is C=CCCC(=O)OC1CCC2(C)C(CCC3C2CCC2(C)C(C(C)CCCC(C)C)CCC32)C1. The highest BCUT2D eigenvalue weighted by atomic mass is 16.5. The maximum Gasteiger partial charge on any atom is 0.306 e. The van der Waals surface area contributed by atoms with Gasteiger partial charge in [0.2, 0.25) is 0 Å². The molecule has 9 unspecified atom stereocenters. The molecule has 0 saturated heterocycles. The number of fused-ring (bicyclic) bond motifs is 5. The van der Waals surface area contributed by atoms with Gasteiger partial charge in [0.1, 0.15) is 6.10 Å². The number of carbonyl (C=O) groups is 1. The monoisotopic (exact) mass is 470 g/mol. The van der Waals surface area contributed by atoms with E-state index in [-0.39, 0.29) is 12.1 Å². The zero-order valence-electron chi connectivity index (χ0n) is 23.1. The van der Waals surface area contributed by atoms with Gasteiger partial charge >= 0.3 is 5.97 Å². The smallest absolute Gasteiger partial charge is 0.306 e. The minimum absolute atomic E-state index is 0.0184. The van der Waals surface area contributed by atoms with Crippen LogP contribution in [0.5, 0.6) is 0 Å². The number of rotatable bonds is 9. The Labute approximate surface area is 211 Å². The molecular formula is C32H54O2. The zero-order valence-corrected chi connectivity index (χ0v) is 23.1. The second kappa shape index (κ2) is 10.7. The van der Waals surface area contributed by atoms with Gasteiger partial charge in [-0.3, -0.25) is 4.79 Å². The zero-order chi connectivity index (χ0) is 24.5. The van der Waals surface area contributed by atoms with Crippen molar-refractivity contribution in [2.75, 3.05) is 0 Å². The predicted molar refractivity (Wildman–Crippen MR) is 142 cm³/mol. The molecule has 4 fully saturated rings.